The fourth-order valence-corrected chi connectivity index (χ4v) is 5.76. The molecule has 1 amide bonds. The predicted molar refractivity (Wildman–Crippen MR) is 156 cm³/mol. The number of piperidine rings is 1. The highest BCUT2D eigenvalue weighted by Gasteiger charge is 2.36. The molecule has 43 heavy (non-hydrogen) atoms. The zero-order valence-electron chi connectivity index (χ0n) is 24.4. The number of aryl methyl sites for hydroxylation is 1. The maximum atomic E-state index is 14.3. The molecule has 15 heteroatoms. The normalized spacial score (nSPS) is 16.2. The molecule has 1 aliphatic heterocycles. The molecule has 1 atom stereocenters. The molecular formula is C28H34F3N7O4Si. The van der Waals surface area contributed by atoms with Crippen LogP contribution in [0.1, 0.15) is 24.3 Å². The zero-order chi connectivity index (χ0) is 30.9. The number of hydrogen-bond donors (Lipinski definition) is 2. The number of carbonyl (C=O) groups is 1. The standard InChI is InChI=1S/C28H34F3N7O4Si/c1-17-33-25(36-42-17)18-7-8-20-21(15-38(23(20)12-18)16-41-10-11-43(2,3)4)24-22(28(29,30)31)13-32-26(35-24)34-19-6-5-9-37(14-19)27(39)40/h7-8,12-13,15,19H,5-6,9-11,14,16H2,1-4H3,(H,39,40)(H,32,34,35)/t19-/m0/s1. The highest BCUT2D eigenvalue weighted by molar-refractivity contribution is 6.76. The summed E-state index contributed by atoms with van der Waals surface area (Å²) in [5.41, 5.74) is 0.246. The van der Waals surface area contributed by atoms with E-state index in [1.165, 1.54) is 4.90 Å². The number of carboxylic acid groups (broad SMARTS) is 1. The molecule has 0 aliphatic carbocycles. The summed E-state index contributed by atoms with van der Waals surface area (Å²) < 4.78 is 55.7. The Balaban J connectivity index is 1.56. The Morgan fingerprint density at radius 2 is 2.05 bits per heavy atom. The lowest BCUT2D eigenvalue weighted by molar-refractivity contribution is -0.137. The van der Waals surface area contributed by atoms with Gasteiger partial charge in [-0.25, -0.2) is 14.8 Å². The Labute approximate surface area is 247 Å². The second kappa shape index (κ2) is 12.0. The highest BCUT2D eigenvalue weighted by Crippen LogP contribution is 2.40. The molecule has 3 aromatic heterocycles. The molecule has 11 nitrogen and oxygen atoms in total. The van der Waals surface area contributed by atoms with E-state index in [1.807, 2.05) is 0 Å². The van der Waals surface area contributed by atoms with E-state index < -0.39 is 25.9 Å². The summed E-state index contributed by atoms with van der Waals surface area (Å²) in [4.78, 5) is 25.3. The Morgan fingerprint density at radius 1 is 1.26 bits per heavy atom. The molecule has 2 N–H and O–H groups in total. The van der Waals surface area contributed by atoms with E-state index in [1.54, 1.807) is 35.9 Å². The Morgan fingerprint density at radius 3 is 2.72 bits per heavy atom. The molecule has 1 saturated heterocycles. The minimum absolute atomic E-state index is 0.00795. The van der Waals surface area contributed by atoms with Crippen LogP contribution in [0.4, 0.5) is 23.9 Å². The van der Waals surface area contributed by atoms with Gasteiger partial charge in [0.2, 0.25) is 17.7 Å². The first-order chi connectivity index (χ1) is 20.3. The molecule has 0 spiro atoms. The molecule has 0 bridgehead atoms. The number of amides is 1. The Kier molecular flexibility index (Phi) is 8.47. The third kappa shape index (κ3) is 7.16. The maximum absolute atomic E-state index is 14.3. The van der Waals surface area contributed by atoms with Gasteiger partial charge in [0.1, 0.15) is 12.3 Å². The van der Waals surface area contributed by atoms with Crippen molar-refractivity contribution in [1.29, 1.82) is 0 Å². The van der Waals surface area contributed by atoms with E-state index in [9.17, 15) is 23.1 Å². The molecule has 5 rings (SSSR count). The van der Waals surface area contributed by atoms with E-state index in [0.29, 0.717) is 54.2 Å². The predicted octanol–water partition coefficient (Wildman–Crippen LogP) is 6.34. The van der Waals surface area contributed by atoms with Gasteiger partial charge in [0.05, 0.1) is 11.2 Å². The summed E-state index contributed by atoms with van der Waals surface area (Å²) in [5.74, 6) is 0.744. The third-order valence-electron chi connectivity index (χ3n) is 7.27. The second-order valence-corrected chi connectivity index (χ2v) is 17.5. The van der Waals surface area contributed by atoms with Crippen molar-refractivity contribution in [2.24, 2.45) is 0 Å². The van der Waals surface area contributed by atoms with Crippen LogP contribution >= 0.6 is 0 Å². The zero-order valence-corrected chi connectivity index (χ0v) is 25.4. The van der Waals surface area contributed by atoms with Gasteiger partial charge in [0.15, 0.2) is 0 Å². The van der Waals surface area contributed by atoms with Gasteiger partial charge >= 0.3 is 12.3 Å². The number of likely N-dealkylation sites (tertiary alicyclic amines) is 1. The lowest BCUT2D eigenvalue weighted by atomic mass is 10.0. The van der Waals surface area contributed by atoms with Gasteiger partial charge in [-0.1, -0.05) is 36.9 Å². The average molecular weight is 618 g/mol. The van der Waals surface area contributed by atoms with Crippen LogP contribution in [0.2, 0.25) is 25.7 Å². The lowest BCUT2D eigenvalue weighted by Crippen LogP contribution is -2.44. The second-order valence-electron chi connectivity index (χ2n) is 11.9. The van der Waals surface area contributed by atoms with E-state index in [2.05, 4.69) is 45.1 Å². The van der Waals surface area contributed by atoms with Crippen LogP contribution in [0, 0.1) is 6.92 Å². The van der Waals surface area contributed by atoms with Crippen molar-refractivity contribution in [3.8, 4) is 22.6 Å². The van der Waals surface area contributed by atoms with Crippen molar-refractivity contribution in [2.75, 3.05) is 25.0 Å². The van der Waals surface area contributed by atoms with Crippen LogP contribution in [0.25, 0.3) is 33.5 Å². The largest absolute Gasteiger partial charge is 0.465 e. The van der Waals surface area contributed by atoms with Gasteiger partial charge in [-0.05, 0) is 25.0 Å². The summed E-state index contributed by atoms with van der Waals surface area (Å²) >= 11 is 0. The van der Waals surface area contributed by atoms with Gasteiger partial charge < -0.3 is 29.2 Å². The number of ether oxygens (including phenoxy) is 1. The Bertz CT molecular complexity index is 1620. The monoisotopic (exact) mass is 617 g/mol. The van der Waals surface area contributed by atoms with Gasteiger partial charge in [0, 0.05) is 69.6 Å². The summed E-state index contributed by atoms with van der Waals surface area (Å²) in [6.45, 7) is 9.63. The van der Waals surface area contributed by atoms with Crippen LogP contribution < -0.4 is 5.32 Å². The first-order valence-corrected chi connectivity index (χ1v) is 17.7. The number of halogens is 3. The van der Waals surface area contributed by atoms with Crippen LogP contribution in [0.3, 0.4) is 0 Å². The molecule has 0 radical (unpaired) electrons. The number of alkyl halides is 3. The fourth-order valence-electron chi connectivity index (χ4n) is 5.00. The van der Waals surface area contributed by atoms with Crippen LogP contribution in [0.5, 0.6) is 0 Å². The number of nitrogens with one attached hydrogen (secondary N) is 1. The highest BCUT2D eigenvalue weighted by atomic mass is 28.3. The van der Waals surface area contributed by atoms with Crippen molar-refractivity contribution in [1.82, 2.24) is 29.6 Å². The number of anilines is 1. The lowest BCUT2D eigenvalue weighted by Gasteiger charge is -2.31. The number of rotatable bonds is 9. The molecule has 0 unspecified atom stereocenters. The number of hydrogen-bond acceptors (Lipinski definition) is 8. The molecule has 1 aliphatic rings. The molecule has 1 aromatic carbocycles. The van der Waals surface area contributed by atoms with E-state index in [4.69, 9.17) is 9.26 Å². The molecule has 230 valence electrons. The molecule has 4 heterocycles. The number of nitrogens with zero attached hydrogens (tertiary/aromatic N) is 6. The summed E-state index contributed by atoms with van der Waals surface area (Å²) in [7, 11) is -1.36. The summed E-state index contributed by atoms with van der Waals surface area (Å²) in [6.07, 6.45) is -2.13. The number of benzene rings is 1. The van der Waals surface area contributed by atoms with Crippen LogP contribution in [-0.2, 0) is 17.6 Å². The molecular weight excluding hydrogens is 583 g/mol. The van der Waals surface area contributed by atoms with E-state index in [0.717, 1.165) is 12.2 Å². The Hall–Kier alpha value is -3.98. The number of fused-ring (bicyclic) bond motifs is 1. The van der Waals surface area contributed by atoms with Crippen LogP contribution in [0.15, 0.2) is 35.1 Å². The van der Waals surface area contributed by atoms with Crippen LogP contribution in [-0.4, -0.2) is 74.6 Å². The smallest absolute Gasteiger partial charge is 0.419 e. The first kappa shape index (κ1) is 30.5. The summed E-state index contributed by atoms with van der Waals surface area (Å²) in [6, 6.07) is 5.83. The quantitative estimate of drug-likeness (QED) is 0.163. The van der Waals surface area contributed by atoms with E-state index in [-0.39, 0.29) is 36.5 Å². The van der Waals surface area contributed by atoms with Crippen molar-refractivity contribution in [2.45, 2.75) is 64.4 Å². The molecule has 4 aromatic rings. The van der Waals surface area contributed by atoms with Crippen molar-refractivity contribution in [3.63, 3.8) is 0 Å². The molecule has 0 saturated carbocycles. The SMILES string of the molecule is Cc1nc(-c2ccc3c(-c4nc(N[C@H]5CCCN(C(=O)O)C5)ncc4C(F)(F)F)cn(COCC[Si](C)(C)C)c3c2)no1. The van der Waals surface area contributed by atoms with Gasteiger partial charge in [-0.15, -0.1) is 0 Å². The molecule has 1 fully saturated rings. The van der Waals surface area contributed by atoms with Crippen molar-refractivity contribution >= 4 is 31.0 Å². The van der Waals surface area contributed by atoms with E-state index >= 15 is 0 Å². The number of aromatic nitrogens is 5. The van der Waals surface area contributed by atoms with Crippen molar-refractivity contribution in [3.05, 3.63) is 42.0 Å². The first-order valence-electron chi connectivity index (χ1n) is 14.0. The van der Waals surface area contributed by atoms with Gasteiger partial charge in [0.25, 0.3) is 0 Å². The third-order valence-corrected chi connectivity index (χ3v) is 8.97. The summed E-state index contributed by atoms with van der Waals surface area (Å²) in [5, 5.41) is 16.9. The van der Waals surface area contributed by atoms with Gasteiger partial charge in [-0.2, -0.15) is 18.2 Å². The van der Waals surface area contributed by atoms with Gasteiger partial charge in [-0.3, -0.25) is 0 Å². The minimum Gasteiger partial charge on any atom is -0.465 e. The fraction of sp³-hybridized carbons (Fsp3) is 0.464. The maximum Gasteiger partial charge on any atom is 0.419 e. The van der Waals surface area contributed by atoms with Crippen molar-refractivity contribution < 1.29 is 32.3 Å². The topological polar surface area (TPSA) is 131 Å². The minimum atomic E-state index is -4.72. The average Bonchev–Trinajstić information content (AvgIpc) is 3.53.